The van der Waals surface area contributed by atoms with E-state index in [2.05, 4.69) is 17.5 Å². The zero-order valence-corrected chi connectivity index (χ0v) is 17.3. The van der Waals surface area contributed by atoms with Crippen molar-refractivity contribution in [3.05, 3.63) is 71.3 Å². The molecule has 6 nitrogen and oxygen atoms in total. The lowest BCUT2D eigenvalue weighted by Crippen LogP contribution is -2.38. The van der Waals surface area contributed by atoms with E-state index in [1.165, 1.54) is 17.0 Å². The number of nitrogens with one attached hydrogen (secondary N) is 1. The van der Waals surface area contributed by atoms with E-state index in [4.69, 9.17) is 11.6 Å². The summed E-state index contributed by atoms with van der Waals surface area (Å²) in [7, 11) is 0. The number of allylic oxidation sites excluding steroid dienone is 2. The van der Waals surface area contributed by atoms with E-state index >= 15 is 0 Å². The fourth-order valence-corrected chi connectivity index (χ4v) is 5.33. The minimum Gasteiger partial charge on any atom is -0.508 e. The molecular formula is C24H21ClN2O4. The highest BCUT2D eigenvalue weighted by atomic mass is 35.5. The van der Waals surface area contributed by atoms with E-state index in [1.807, 2.05) is 0 Å². The molecule has 2 aromatic rings. The molecule has 5 atom stereocenters. The molecule has 2 fully saturated rings. The van der Waals surface area contributed by atoms with Crippen molar-refractivity contribution in [2.24, 2.45) is 23.7 Å². The van der Waals surface area contributed by atoms with E-state index in [1.54, 1.807) is 36.4 Å². The Morgan fingerprint density at radius 2 is 1.58 bits per heavy atom. The number of aromatic hydroxyl groups is 1. The van der Waals surface area contributed by atoms with Crippen LogP contribution in [0.1, 0.15) is 24.4 Å². The first kappa shape index (κ1) is 19.8. The fourth-order valence-electron chi connectivity index (χ4n) is 5.21. The number of phenols is 1. The molecule has 158 valence electrons. The quantitative estimate of drug-likeness (QED) is 0.422. The third-order valence-corrected chi connectivity index (χ3v) is 6.85. The minimum atomic E-state index is -0.709. The molecule has 2 N–H and O–H groups in total. The van der Waals surface area contributed by atoms with Gasteiger partial charge in [0.1, 0.15) is 5.75 Å². The van der Waals surface area contributed by atoms with E-state index in [-0.39, 0.29) is 53.6 Å². The summed E-state index contributed by atoms with van der Waals surface area (Å²) in [6.45, 7) is 0. The van der Waals surface area contributed by atoms with Gasteiger partial charge in [-0.2, -0.15) is 0 Å². The molecule has 7 heteroatoms. The number of imide groups is 1. The van der Waals surface area contributed by atoms with Gasteiger partial charge in [0.25, 0.3) is 0 Å². The van der Waals surface area contributed by atoms with Crippen LogP contribution >= 0.6 is 11.6 Å². The summed E-state index contributed by atoms with van der Waals surface area (Å²) in [5.74, 6) is -1.05. The molecule has 2 aliphatic carbocycles. The molecule has 2 bridgehead atoms. The molecule has 1 heterocycles. The first-order valence-corrected chi connectivity index (χ1v) is 10.7. The Labute approximate surface area is 184 Å². The molecule has 31 heavy (non-hydrogen) atoms. The van der Waals surface area contributed by atoms with Gasteiger partial charge in [-0.3, -0.25) is 19.3 Å². The molecule has 0 aromatic heterocycles. The van der Waals surface area contributed by atoms with Gasteiger partial charge in [0.15, 0.2) is 0 Å². The molecule has 5 unspecified atom stereocenters. The van der Waals surface area contributed by atoms with Crippen LogP contribution in [0.3, 0.4) is 0 Å². The van der Waals surface area contributed by atoms with Crippen molar-refractivity contribution in [2.75, 3.05) is 5.32 Å². The Hall–Kier alpha value is -3.12. The van der Waals surface area contributed by atoms with Crippen LogP contribution in [0.4, 0.5) is 5.69 Å². The van der Waals surface area contributed by atoms with Crippen molar-refractivity contribution in [3.63, 3.8) is 0 Å². The van der Waals surface area contributed by atoms with Gasteiger partial charge in [-0.25, -0.2) is 0 Å². The van der Waals surface area contributed by atoms with Crippen molar-refractivity contribution in [2.45, 2.75) is 18.9 Å². The average Bonchev–Trinajstić information content (AvgIpc) is 3.43. The number of hydrogen-bond donors (Lipinski definition) is 2. The van der Waals surface area contributed by atoms with Gasteiger partial charge in [0, 0.05) is 10.7 Å². The molecule has 1 aliphatic heterocycles. The molecule has 0 radical (unpaired) electrons. The fraction of sp³-hybridized carbons (Fsp3) is 0.292. The molecule has 2 aromatic carbocycles. The SMILES string of the molecule is O=C(CC(c1ccc(Cl)cc1)N1C(=O)C2C3C=CC(C3)C2C1=O)Nc1ccc(O)cc1. The number of halogens is 1. The molecule has 1 saturated carbocycles. The van der Waals surface area contributed by atoms with Gasteiger partial charge in [0.2, 0.25) is 17.7 Å². The van der Waals surface area contributed by atoms with Crippen LogP contribution in [0.25, 0.3) is 0 Å². The Morgan fingerprint density at radius 1 is 1.00 bits per heavy atom. The summed E-state index contributed by atoms with van der Waals surface area (Å²) < 4.78 is 0. The van der Waals surface area contributed by atoms with Gasteiger partial charge in [-0.05, 0) is 60.2 Å². The van der Waals surface area contributed by atoms with Gasteiger partial charge in [-0.15, -0.1) is 0 Å². The molecule has 3 aliphatic rings. The average molecular weight is 437 g/mol. The highest BCUT2D eigenvalue weighted by molar-refractivity contribution is 6.30. The van der Waals surface area contributed by atoms with E-state index in [9.17, 15) is 19.5 Å². The number of fused-ring (bicyclic) bond motifs is 5. The molecular weight excluding hydrogens is 416 g/mol. The Balaban J connectivity index is 1.43. The maximum Gasteiger partial charge on any atom is 0.234 e. The summed E-state index contributed by atoms with van der Waals surface area (Å²) in [4.78, 5) is 40.8. The van der Waals surface area contributed by atoms with Gasteiger partial charge >= 0.3 is 0 Å². The van der Waals surface area contributed by atoms with Gasteiger partial charge in [-0.1, -0.05) is 35.9 Å². The standard InChI is InChI=1S/C24H21ClN2O4/c25-16-5-3-13(4-6-16)19(12-20(29)26-17-7-9-18(28)10-8-17)27-23(30)21-14-1-2-15(11-14)22(21)24(27)31/h1-10,14-15,19,21-22,28H,11-12H2,(H,26,29). The van der Waals surface area contributed by atoms with Crippen LogP contribution in [-0.4, -0.2) is 27.7 Å². The zero-order chi connectivity index (χ0) is 21.7. The number of rotatable bonds is 5. The van der Waals surface area contributed by atoms with Crippen LogP contribution in [0.2, 0.25) is 5.02 Å². The number of carbonyl (C=O) groups is 3. The third kappa shape index (κ3) is 3.41. The molecule has 3 amide bonds. The maximum absolute atomic E-state index is 13.3. The maximum atomic E-state index is 13.3. The van der Waals surface area contributed by atoms with E-state index in [0.29, 0.717) is 16.3 Å². The Morgan fingerprint density at radius 3 is 2.16 bits per heavy atom. The second-order valence-electron chi connectivity index (χ2n) is 8.41. The number of anilines is 1. The number of amides is 3. The van der Waals surface area contributed by atoms with Crippen LogP contribution in [0.15, 0.2) is 60.7 Å². The summed E-state index contributed by atoms with van der Waals surface area (Å²) in [5.41, 5.74) is 1.21. The minimum absolute atomic E-state index is 0.0673. The third-order valence-electron chi connectivity index (χ3n) is 6.60. The van der Waals surface area contributed by atoms with Crippen molar-refractivity contribution in [1.29, 1.82) is 0 Å². The van der Waals surface area contributed by atoms with Crippen molar-refractivity contribution in [3.8, 4) is 5.75 Å². The van der Waals surface area contributed by atoms with Gasteiger partial charge in [0.05, 0.1) is 24.3 Å². The van der Waals surface area contributed by atoms with Crippen molar-refractivity contribution >= 4 is 35.0 Å². The summed E-state index contributed by atoms with van der Waals surface area (Å²) in [6, 6.07) is 12.3. The first-order chi connectivity index (χ1) is 14.9. The lowest BCUT2D eigenvalue weighted by molar-refractivity contribution is -0.144. The largest absolute Gasteiger partial charge is 0.508 e. The van der Waals surface area contributed by atoms with Crippen molar-refractivity contribution in [1.82, 2.24) is 4.90 Å². The first-order valence-electron chi connectivity index (χ1n) is 10.3. The highest BCUT2D eigenvalue weighted by Crippen LogP contribution is 2.54. The highest BCUT2D eigenvalue weighted by Gasteiger charge is 2.60. The second kappa shape index (κ2) is 7.54. The predicted octanol–water partition coefficient (Wildman–Crippen LogP) is 3.92. The Kier molecular flexibility index (Phi) is 4.82. The molecule has 5 rings (SSSR count). The van der Waals surface area contributed by atoms with Crippen LogP contribution in [-0.2, 0) is 14.4 Å². The molecule has 1 saturated heterocycles. The number of nitrogens with zero attached hydrogens (tertiary/aromatic N) is 1. The lowest BCUT2D eigenvalue weighted by Gasteiger charge is -2.28. The van der Waals surface area contributed by atoms with E-state index in [0.717, 1.165) is 6.42 Å². The van der Waals surface area contributed by atoms with Crippen LogP contribution in [0, 0.1) is 23.7 Å². The monoisotopic (exact) mass is 436 g/mol. The van der Waals surface area contributed by atoms with E-state index < -0.39 is 6.04 Å². The van der Waals surface area contributed by atoms with Gasteiger partial charge < -0.3 is 10.4 Å². The smallest absolute Gasteiger partial charge is 0.234 e. The predicted molar refractivity (Wildman–Crippen MR) is 115 cm³/mol. The summed E-state index contributed by atoms with van der Waals surface area (Å²) in [5, 5.41) is 12.7. The topological polar surface area (TPSA) is 86.7 Å². The number of phenolic OH excluding ortho intramolecular Hbond substituents is 1. The van der Waals surface area contributed by atoms with Crippen LogP contribution in [0.5, 0.6) is 5.75 Å². The Bertz CT molecular complexity index is 1050. The van der Waals surface area contributed by atoms with Crippen molar-refractivity contribution < 1.29 is 19.5 Å². The van der Waals surface area contributed by atoms with Crippen LogP contribution < -0.4 is 5.32 Å². The molecule has 0 spiro atoms. The summed E-state index contributed by atoms with van der Waals surface area (Å²) in [6.07, 6.45) is 4.89. The number of likely N-dealkylation sites (tertiary alicyclic amines) is 1. The number of benzene rings is 2. The second-order valence-corrected chi connectivity index (χ2v) is 8.85. The normalized spacial score (nSPS) is 26.9. The number of carbonyl (C=O) groups excluding carboxylic acids is 3. The number of hydrogen-bond acceptors (Lipinski definition) is 4. The summed E-state index contributed by atoms with van der Waals surface area (Å²) >= 11 is 6.03. The lowest BCUT2D eigenvalue weighted by atomic mass is 9.85. The zero-order valence-electron chi connectivity index (χ0n) is 16.6.